The van der Waals surface area contributed by atoms with Crippen LogP contribution in [-0.2, 0) is 6.18 Å². The molecule has 0 saturated carbocycles. The molecule has 2 rings (SSSR count). The van der Waals surface area contributed by atoms with Crippen molar-refractivity contribution in [1.29, 1.82) is 0 Å². The number of hydrogen-bond acceptors (Lipinski definition) is 1. The monoisotopic (exact) mass is 227 g/mol. The molecule has 0 atom stereocenters. The molecule has 0 radical (unpaired) electrons. The molecule has 1 aromatic carbocycles. The Balaban J connectivity index is 2.12. The summed E-state index contributed by atoms with van der Waals surface area (Å²) in [4.78, 5) is 0. The van der Waals surface area contributed by atoms with Crippen LogP contribution in [0.4, 0.5) is 13.2 Å². The van der Waals surface area contributed by atoms with E-state index in [0.717, 1.165) is 19.2 Å². The minimum absolute atomic E-state index is 0.453. The topological polar surface area (TPSA) is 12.0 Å². The minimum Gasteiger partial charge on any atom is -0.315 e. The molecule has 1 fully saturated rings. The third kappa shape index (κ3) is 2.64. The van der Waals surface area contributed by atoms with Crippen molar-refractivity contribution in [2.45, 2.75) is 6.18 Å². The van der Waals surface area contributed by atoms with Crippen molar-refractivity contribution in [3.8, 4) is 0 Å². The molecule has 1 N–H and O–H groups in total. The fourth-order valence-electron chi connectivity index (χ4n) is 1.51. The molecule has 0 unspecified atom stereocenters. The highest BCUT2D eigenvalue weighted by Crippen LogP contribution is 2.29. The molecule has 0 bridgehead atoms. The summed E-state index contributed by atoms with van der Waals surface area (Å²) in [6.07, 6.45) is -0.561. The largest absolute Gasteiger partial charge is 0.416 e. The molecule has 0 spiro atoms. The Morgan fingerprint density at radius 3 is 2.56 bits per heavy atom. The fraction of sp³-hybridized carbons (Fsp3) is 0.333. The minimum atomic E-state index is -4.26. The van der Waals surface area contributed by atoms with Gasteiger partial charge in [0.1, 0.15) is 0 Å². The maximum absolute atomic E-state index is 12.4. The van der Waals surface area contributed by atoms with Gasteiger partial charge in [0.25, 0.3) is 0 Å². The average molecular weight is 227 g/mol. The average Bonchev–Trinajstić information content (AvgIpc) is 2.14. The van der Waals surface area contributed by atoms with E-state index in [9.17, 15) is 13.2 Å². The molecular formula is C12H12F3N. The molecule has 1 aromatic rings. The van der Waals surface area contributed by atoms with Gasteiger partial charge in [0.2, 0.25) is 0 Å². The predicted molar refractivity (Wildman–Crippen MR) is 56.8 cm³/mol. The molecule has 0 aliphatic carbocycles. The molecule has 1 heterocycles. The van der Waals surface area contributed by atoms with E-state index in [1.165, 1.54) is 12.1 Å². The summed E-state index contributed by atoms with van der Waals surface area (Å²) in [7, 11) is 0. The summed E-state index contributed by atoms with van der Waals surface area (Å²) >= 11 is 0. The first kappa shape index (κ1) is 11.2. The van der Waals surface area contributed by atoms with Gasteiger partial charge in [-0.15, -0.1) is 0 Å². The van der Waals surface area contributed by atoms with Gasteiger partial charge in [-0.05, 0) is 17.7 Å². The van der Waals surface area contributed by atoms with E-state index in [4.69, 9.17) is 0 Å². The molecule has 1 aliphatic rings. The molecule has 1 nitrogen and oxygen atoms in total. The van der Waals surface area contributed by atoms with Crippen LogP contribution in [-0.4, -0.2) is 13.1 Å². The molecule has 0 aromatic heterocycles. The summed E-state index contributed by atoms with van der Waals surface area (Å²) < 4.78 is 37.2. The summed E-state index contributed by atoms with van der Waals surface area (Å²) in [5, 5.41) is 3.10. The quantitative estimate of drug-likeness (QED) is 0.819. The van der Waals surface area contributed by atoms with Crippen molar-refractivity contribution in [1.82, 2.24) is 5.32 Å². The van der Waals surface area contributed by atoms with E-state index in [0.29, 0.717) is 11.5 Å². The lowest BCUT2D eigenvalue weighted by atomic mass is 10.0. The Bertz CT molecular complexity index is 391. The van der Waals surface area contributed by atoms with Crippen LogP contribution in [0.1, 0.15) is 11.1 Å². The normalized spacial score (nSPS) is 17.7. The highest BCUT2D eigenvalue weighted by Gasteiger charge is 2.30. The van der Waals surface area contributed by atoms with Crippen LogP contribution in [0.5, 0.6) is 0 Å². The van der Waals surface area contributed by atoms with Crippen molar-refractivity contribution in [2.75, 3.05) is 13.1 Å². The van der Waals surface area contributed by atoms with Crippen LogP contribution in [0.25, 0.3) is 6.08 Å². The number of halogens is 3. The number of alkyl halides is 3. The summed E-state index contributed by atoms with van der Waals surface area (Å²) in [5.41, 5.74) is 0.00288. The molecular weight excluding hydrogens is 215 g/mol. The first-order valence-corrected chi connectivity index (χ1v) is 5.12. The van der Waals surface area contributed by atoms with E-state index >= 15 is 0 Å². The van der Waals surface area contributed by atoms with Crippen LogP contribution < -0.4 is 5.32 Å². The van der Waals surface area contributed by atoms with Gasteiger partial charge in [-0.25, -0.2) is 0 Å². The highest BCUT2D eigenvalue weighted by molar-refractivity contribution is 5.51. The zero-order chi connectivity index (χ0) is 11.6. The molecule has 16 heavy (non-hydrogen) atoms. The Hall–Kier alpha value is -1.29. The molecule has 86 valence electrons. The third-order valence-corrected chi connectivity index (χ3v) is 2.59. The van der Waals surface area contributed by atoms with Gasteiger partial charge in [-0.2, -0.15) is 13.2 Å². The van der Waals surface area contributed by atoms with Crippen LogP contribution >= 0.6 is 0 Å². The Kier molecular flexibility index (Phi) is 3.01. The predicted octanol–water partition coefficient (Wildman–Crippen LogP) is 2.94. The summed E-state index contributed by atoms with van der Waals surface area (Å²) in [5.74, 6) is 0.453. The van der Waals surface area contributed by atoms with E-state index in [-0.39, 0.29) is 0 Å². The molecule has 0 amide bonds. The maximum atomic E-state index is 12.4. The van der Waals surface area contributed by atoms with Gasteiger partial charge in [-0.1, -0.05) is 24.3 Å². The van der Waals surface area contributed by atoms with Crippen LogP contribution in [0, 0.1) is 5.92 Å². The van der Waals surface area contributed by atoms with E-state index < -0.39 is 11.7 Å². The zero-order valence-electron chi connectivity index (χ0n) is 8.59. The summed E-state index contributed by atoms with van der Waals surface area (Å²) in [6, 6.07) is 5.37. The van der Waals surface area contributed by atoms with E-state index in [2.05, 4.69) is 5.32 Å². The van der Waals surface area contributed by atoms with Crippen molar-refractivity contribution >= 4 is 6.08 Å². The Labute approximate surface area is 92.0 Å². The highest BCUT2D eigenvalue weighted by atomic mass is 19.4. The van der Waals surface area contributed by atoms with Gasteiger partial charge in [0, 0.05) is 19.0 Å². The fourth-order valence-corrected chi connectivity index (χ4v) is 1.51. The smallest absolute Gasteiger partial charge is 0.315 e. The van der Waals surface area contributed by atoms with Gasteiger partial charge in [0.05, 0.1) is 5.56 Å². The second-order valence-corrected chi connectivity index (χ2v) is 3.90. The third-order valence-electron chi connectivity index (χ3n) is 2.59. The lowest BCUT2D eigenvalue weighted by Crippen LogP contribution is -2.40. The summed E-state index contributed by atoms with van der Waals surface area (Å²) in [6.45, 7) is 1.82. The molecule has 1 aliphatic heterocycles. The van der Waals surface area contributed by atoms with Crippen LogP contribution in [0.3, 0.4) is 0 Å². The maximum Gasteiger partial charge on any atom is 0.416 e. The first-order chi connectivity index (χ1) is 7.55. The molecule has 1 saturated heterocycles. The second-order valence-electron chi connectivity index (χ2n) is 3.90. The van der Waals surface area contributed by atoms with E-state index in [1.807, 2.05) is 6.08 Å². The lowest BCUT2D eigenvalue weighted by Gasteiger charge is -2.23. The Morgan fingerprint density at radius 1 is 1.25 bits per heavy atom. The van der Waals surface area contributed by atoms with Gasteiger partial charge < -0.3 is 5.32 Å². The number of benzene rings is 1. The van der Waals surface area contributed by atoms with E-state index in [1.54, 1.807) is 12.1 Å². The van der Waals surface area contributed by atoms with Crippen molar-refractivity contribution in [3.05, 3.63) is 41.5 Å². The van der Waals surface area contributed by atoms with Crippen molar-refractivity contribution in [2.24, 2.45) is 5.92 Å². The first-order valence-electron chi connectivity index (χ1n) is 5.12. The van der Waals surface area contributed by atoms with Gasteiger partial charge >= 0.3 is 6.18 Å². The number of nitrogens with one attached hydrogen (secondary N) is 1. The standard InChI is InChI=1S/C12H12F3N/c13-12(14,15)11-3-1-2-9(6-11)4-5-10-7-16-8-10/h1-6,10,16H,7-8H2. The van der Waals surface area contributed by atoms with Crippen LogP contribution in [0.2, 0.25) is 0 Å². The second kappa shape index (κ2) is 4.29. The SMILES string of the molecule is FC(F)(F)c1cccc(C=CC2CNC2)c1. The Morgan fingerprint density at radius 2 is 2.00 bits per heavy atom. The van der Waals surface area contributed by atoms with Crippen LogP contribution in [0.15, 0.2) is 30.3 Å². The lowest BCUT2D eigenvalue weighted by molar-refractivity contribution is -0.137. The van der Waals surface area contributed by atoms with Gasteiger partial charge in [-0.3, -0.25) is 0 Å². The number of rotatable bonds is 2. The van der Waals surface area contributed by atoms with Gasteiger partial charge in [0.15, 0.2) is 0 Å². The number of hydrogen-bond donors (Lipinski definition) is 1. The van der Waals surface area contributed by atoms with Crippen molar-refractivity contribution < 1.29 is 13.2 Å². The molecule has 4 heteroatoms. The zero-order valence-corrected chi connectivity index (χ0v) is 8.59. The van der Waals surface area contributed by atoms with Crippen molar-refractivity contribution in [3.63, 3.8) is 0 Å².